The number of nitrogens with one attached hydrogen (secondary N) is 3. The number of nitrogens with zero attached hydrogens (tertiary/aromatic N) is 2. The maximum atomic E-state index is 13.2. The van der Waals surface area contributed by atoms with Crippen molar-refractivity contribution >= 4 is 27.3 Å². The zero-order valence-corrected chi connectivity index (χ0v) is 33.4. The third-order valence-corrected chi connectivity index (χ3v) is 11.3. The van der Waals surface area contributed by atoms with Gasteiger partial charge in [0, 0.05) is 54.9 Å². The van der Waals surface area contributed by atoms with Gasteiger partial charge in [0.1, 0.15) is 0 Å². The van der Waals surface area contributed by atoms with Crippen LogP contribution in [0.1, 0.15) is 92.9 Å². The van der Waals surface area contributed by atoms with Crippen molar-refractivity contribution in [2.75, 3.05) is 33.7 Å². The quantitative estimate of drug-likeness (QED) is 0.109. The van der Waals surface area contributed by atoms with E-state index in [1.807, 2.05) is 6.08 Å². The molecule has 0 aromatic carbocycles. The van der Waals surface area contributed by atoms with E-state index in [4.69, 9.17) is 16.6 Å². The molecule has 0 spiro atoms. The third-order valence-electron chi connectivity index (χ3n) is 9.64. The average Bonchev–Trinajstić information content (AvgIpc) is 3.34. The molecule has 276 valence electrons. The van der Waals surface area contributed by atoms with Gasteiger partial charge >= 0.3 is 0 Å². The summed E-state index contributed by atoms with van der Waals surface area (Å²) in [5.41, 5.74) is 6.98. The molecular formula is C41H62ClN5O2S. The van der Waals surface area contributed by atoms with Crippen molar-refractivity contribution in [2.45, 2.75) is 99.0 Å². The van der Waals surface area contributed by atoms with Gasteiger partial charge in [-0.3, -0.25) is 4.99 Å². The summed E-state index contributed by atoms with van der Waals surface area (Å²) in [6.07, 6.45) is 25.5. The first-order valence-electron chi connectivity index (χ1n) is 18.2. The van der Waals surface area contributed by atoms with Gasteiger partial charge in [-0.25, -0.2) is 13.1 Å². The molecule has 0 fully saturated rings. The Morgan fingerprint density at radius 3 is 2.64 bits per heavy atom. The van der Waals surface area contributed by atoms with Gasteiger partial charge in [0.25, 0.3) is 0 Å². The number of sulfonamides is 1. The van der Waals surface area contributed by atoms with E-state index in [-0.39, 0.29) is 22.3 Å². The maximum absolute atomic E-state index is 13.2. The van der Waals surface area contributed by atoms with Crippen molar-refractivity contribution in [3.8, 4) is 0 Å². The van der Waals surface area contributed by atoms with Crippen LogP contribution in [0.3, 0.4) is 0 Å². The molecule has 0 bridgehead atoms. The molecule has 2 atom stereocenters. The van der Waals surface area contributed by atoms with Crippen LogP contribution >= 0.6 is 11.6 Å². The number of aliphatic imine (C=N–C) groups is 1. The fourth-order valence-electron chi connectivity index (χ4n) is 6.28. The molecule has 3 N–H and O–H groups in total. The number of likely N-dealkylation sites (N-methyl/N-ethyl adjacent to an activating group) is 1. The Balaban J connectivity index is 1.74. The number of halogens is 1. The largest absolute Gasteiger partial charge is 0.378 e. The zero-order valence-electron chi connectivity index (χ0n) is 31.8. The van der Waals surface area contributed by atoms with Crippen molar-refractivity contribution in [1.82, 2.24) is 20.3 Å². The maximum Gasteiger partial charge on any atom is 0.240 e. The second-order valence-corrected chi connectivity index (χ2v) is 17.0. The highest BCUT2D eigenvalue weighted by atomic mass is 35.5. The fraction of sp³-hybridized carbons (Fsp3) is 0.537. The number of allylic oxidation sites excluding steroid dienone is 13. The molecule has 3 rings (SSSR count). The SMILES string of the molecule is C=C(NC1=CCC=C(C)C(/C(C)=N/C2CC/C=C(N(C)C)\C=C/CC2(C)C)=C1)C1=CC=C(S(=O)(=O)NCC(C)CCCCNCC)C=C(Cl)C1. The predicted octanol–water partition coefficient (Wildman–Crippen LogP) is 8.96. The lowest BCUT2D eigenvalue weighted by atomic mass is 9.79. The van der Waals surface area contributed by atoms with Crippen molar-refractivity contribution in [3.63, 3.8) is 0 Å². The van der Waals surface area contributed by atoms with E-state index in [9.17, 15) is 8.42 Å². The smallest absolute Gasteiger partial charge is 0.240 e. The molecule has 0 saturated carbocycles. The standard InChI is InChI=1S/C41H62ClN5O2S/c1-10-43-25-12-11-16-30(2)29-44-50(48,49)38-23-22-34(26-35(42)27-38)32(4)45-36-18-13-17-31(3)39(28-36)33(5)46-40-21-14-19-37(47(8)9)20-15-24-41(40,6)7/h15,17-20,22-23,27-28,30,40,43-45H,4,10-14,16,21,24-26,29H2,1-3,5-9H3/b20-15-,37-19+,46-33+. The molecule has 0 aromatic rings. The van der Waals surface area contributed by atoms with E-state index >= 15 is 0 Å². The first-order chi connectivity index (χ1) is 23.6. The van der Waals surface area contributed by atoms with Crippen molar-refractivity contribution < 1.29 is 8.42 Å². The summed E-state index contributed by atoms with van der Waals surface area (Å²) < 4.78 is 29.3. The van der Waals surface area contributed by atoms with Crippen LogP contribution in [-0.4, -0.2) is 58.8 Å². The molecule has 9 heteroatoms. The lowest BCUT2D eigenvalue weighted by Gasteiger charge is -2.31. The number of rotatable bonds is 16. The molecular weight excluding hydrogens is 662 g/mol. The van der Waals surface area contributed by atoms with Gasteiger partial charge in [0.15, 0.2) is 0 Å². The van der Waals surface area contributed by atoms with Crippen molar-refractivity contribution in [3.05, 3.63) is 105 Å². The average molecular weight is 724 g/mol. The summed E-state index contributed by atoms with van der Waals surface area (Å²) >= 11 is 6.61. The molecule has 0 radical (unpaired) electrons. The van der Waals surface area contributed by atoms with Crippen molar-refractivity contribution in [2.24, 2.45) is 16.3 Å². The van der Waals surface area contributed by atoms with Crippen molar-refractivity contribution in [1.29, 1.82) is 0 Å². The number of unbranched alkanes of at least 4 members (excludes halogenated alkanes) is 1. The summed E-state index contributed by atoms with van der Waals surface area (Å²) in [4.78, 5) is 7.69. The van der Waals surface area contributed by atoms with Gasteiger partial charge in [0.2, 0.25) is 10.0 Å². The van der Waals surface area contributed by atoms with E-state index in [2.05, 4.69) is 119 Å². The Hall–Kier alpha value is -2.91. The fourth-order valence-corrected chi connectivity index (χ4v) is 7.82. The van der Waals surface area contributed by atoms with Crippen LogP contribution in [0.2, 0.25) is 0 Å². The van der Waals surface area contributed by atoms with Crippen LogP contribution in [0.15, 0.2) is 110 Å². The molecule has 3 aliphatic carbocycles. The molecule has 0 aromatic heterocycles. The van der Waals surface area contributed by atoms with Gasteiger partial charge in [-0.2, -0.15) is 0 Å². The number of hydrogen-bond acceptors (Lipinski definition) is 6. The molecule has 7 nitrogen and oxygen atoms in total. The Kier molecular flexibility index (Phi) is 16.3. The summed E-state index contributed by atoms with van der Waals surface area (Å²) in [6, 6.07) is 0.172. The second kappa shape index (κ2) is 19.6. The van der Waals surface area contributed by atoms with Gasteiger partial charge < -0.3 is 15.5 Å². The van der Waals surface area contributed by atoms with Crippen LogP contribution in [0.4, 0.5) is 0 Å². The molecule has 0 heterocycles. The van der Waals surface area contributed by atoms with Gasteiger partial charge in [-0.1, -0.05) is 82.7 Å². The zero-order chi connectivity index (χ0) is 36.9. The van der Waals surface area contributed by atoms with Crippen LogP contribution in [-0.2, 0) is 10.0 Å². The summed E-state index contributed by atoms with van der Waals surface area (Å²) in [5.74, 6) is 0.239. The predicted molar refractivity (Wildman–Crippen MR) is 215 cm³/mol. The second-order valence-electron chi connectivity index (χ2n) is 14.7. The highest BCUT2D eigenvalue weighted by Crippen LogP contribution is 2.34. The molecule has 3 aliphatic rings. The van der Waals surface area contributed by atoms with Gasteiger partial charge in [-0.15, -0.1) is 0 Å². The molecule has 50 heavy (non-hydrogen) atoms. The molecule has 0 amide bonds. The van der Waals surface area contributed by atoms with E-state index in [1.54, 1.807) is 12.2 Å². The lowest BCUT2D eigenvalue weighted by molar-refractivity contribution is 0.280. The van der Waals surface area contributed by atoms with E-state index in [1.165, 1.54) is 11.3 Å². The monoisotopic (exact) mass is 723 g/mol. The summed E-state index contributed by atoms with van der Waals surface area (Å²) in [5, 5.41) is 7.27. The van der Waals surface area contributed by atoms with Gasteiger partial charge in [0.05, 0.1) is 10.9 Å². The third kappa shape index (κ3) is 13.0. The normalized spacial score (nSPS) is 22.6. The van der Waals surface area contributed by atoms with Crippen LogP contribution in [0, 0.1) is 11.3 Å². The summed E-state index contributed by atoms with van der Waals surface area (Å²) in [6.45, 7) is 19.7. The highest BCUT2D eigenvalue weighted by molar-refractivity contribution is 7.93. The molecule has 2 unspecified atom stereocenters. The van der Waals surface area contributed by atoms with E-state index < -0.39 is 10.0 Å². The molecule has 0 saturated heterocycles. The summed E-state index contributed by atoms with van der Waals surface area (Å²) in [7, 11) is 0.461. The lowest BCUT2D eigenvalue weighted by Crippen LogP contribution is -2.29. The van der Waals surface area contributed by atoms with E-state index in [0.29, 0.717) is 23.7 Å². The Morgan fingerprint density at radius 2 is 1.92 bits per heavy atom. The first-order valence-corrected chi connectivity index (χ1v) is 20.1. The minimum absolute atomic E-state index is 0.0135. The minimum atomic E-state index is -3.72. The highest BCUT2D eigenvalue weighted by Gasteiger charge is 2.29. The van der Waals surface area contributed by atoms with Crippen LogP contribution in [0.25, 0.3) is 0 Å². The van der Waals surface area contributed by atoms with Crippen LogP contribution < -0.4 is 15.4 Å². The van der Waals surface area contributed by atoms with Crippen LogP contribution in [0.5, 0.6) is 0 Å². The molecule has 0 aliphatic heterocycles. The van der Waals surface area contributed by atoms with Gasteiger partial charge in [-0.05, 0) is 118 Å². The topological polar surface area (TPSA) is 85.8 Å². The Morgan fingerprint density at radius 1 is 1.16 bits per heavy atom. The number of hydrogen-bond donors (Lipinski definition) is 3. The van der Waals surface area contributed by atoms with E-state index in [0.717, 1.165) is 80.6 Å². The Bertz CT molecular complexity index is 1600. The minimum Gasteiger partial charge on any atom is -0.378 e. The first kappa shape index (κ1) is 41.5. The Labute approximate surface area is 308 Å².